The van der Waals surface area contributed by atoms with Crippen molar-refractivity contribution in [2.45, 2.75) is 18.9 Å². The number of nitrogens with zero attached hydrogens (tertiary/aromatic N) is 3. The summed E-state index contributed by atoms with van der Waals surface area (Å²) in [5.74, 6) is 1.82. The molecule has 0 radical (unpaired) electrons. The summed E-state index contributed by atoms with van der Waals surface area (Å²) >= 11 is 0. The minimum atomic E-state index is 0.644. The summed E-state index contributed by atoms with van der Waals surface area (Å²) in [5.41, 5.74) is 0. The van der Waals surface area contributed by atoms with E-state index in [9.17, 15) is 0 Å². The quantitative estimate of drug-likeness (QED) is 0.773. The van der Waals surface area contributed by atoms with E-state index in [0.29, 0.717) is 6.04 Å². The molecule has 1 aliphatic heterocycles. The zero-order chi connectivity index (χ0) is 10.8. The maximum atomic E-state index is 4.55. The molecule has 1 aromatic heterocycles. The molecule has 5 nitrogen and oxygen atoms in total. The molecule has 1 aliphatic carbocycles. The lowest BCUT2D eigenvalue weighted by molar-refractivity contribution is 0.580. The third-order valence-electron chi connectivity index (χ3n) is 2.97. The summed E-state index contributed by atoms with van der Waals surface area (Å²) in [4.78, 5) is 11.1. The molecule has 2 aliphatic rings. The summed E-state index contributed by atoms with van der Waals surface area (Å²) in [6.45, 7) is 4.02. The van der Waals surface area contributed by atoms with Crippen LogP contribution in [0.3, 0.4) is 0 Å². The maximum Gasteiger partial charge on any atom is 0.227 e. The van der Waals surface area contributed by atoms with Crippen molar-refractivity contribution in [2.24, 2.45) is 0 Å². The van der Waals surface area contributed by atoms with Crippen molar-refractivity contribution in [2.75, 3.05) is 36.4 Å². The Hall–Kier alpha value is -1.36. The van der Waals surface area contributed by atoms with Gasteiger partial charge in [-0.25, -0.2) is 4.98 Å². The molecule has 3 rings (SSSR count). The first kappa shape index (κ1) is 9.84. The Morgan fingerprint density at radius 2 is 2.12 bits per heavy atom. The lowest BCUT2D eigenvalue weighted by Crippen LogP contribution is -2.44. The van der Waals surface area contributed by atoms with Crippen LogP contribution in [0.5, 0.6) is 0 Å². The molecule has 2 fully saturated rings. The normalized spacial score (nSPS) is 20.9. The van der Waals surface area contributed by atoms with Gasteiger partial charge in [-0.1, -0.05) is 0 Å². The Kier molecular flexibility index (Phi) is 2.61. The highest BCUT2D eigenvalue weighted by atomic mass is 15.3. The molecule has 0 amide bonds. The molecule has 1 aromatic rings. The Bertz CT molecular complexity index is 357. The molecule has 2 N–H and O–H groups in total. The van der Waals surface area contributed by atoms with E-state index in [1.54, 1.807) is 0 Å². The molecule has 0 bridgehead atoms. The predicted octanol–water partition coefficient (Wildman–Crippen LogP) is 0.460. The highest BCUT2D eigenvalue weighted by Crippen LogP contribution is 2.24. The number of aromatic nitrogens is 2. The Morgan fingerprint density at radius 3 is 2.88 bits per heavy atom. The fourth-order valence-electron chi connectivity index (χ4n) is 1.88. The van der Waals surface area contributed by atoms with E-state index in [1.165, 1.54) is 12.8 Å². The molecule has 0 aromatic carbocycles. The summed E-state index contributed by atoms with van der Waals surface area (Å²) in [6.07, 6.45) is 4.38. The van der Waals surface area contributed by atoms with E-state index in [4.69, 9.17) is 0 Å². The van der Waals surface area contributed by atoms with Gasteiger partial charge in [0.25, 0.3) is 0 Å². The number of hydrogen-bond acceptors (Lipinski definition) is 5. The van der Waals surface area contributed by atoms with Gasteiger partial charge in [-0.05, 0) is 18.9 Å². The summed E-state index contributed by atoms with van der Waals surface area (Å²) in [6, 6.07) is 2.59. The van der Waals surface area contributed by atoms with Crippen LogP contribution in [-0.2, 0) is 0 Å². The number of rotatable bonds is 3. The van der Waals surface area contributed by atoms with Crippen LogP contribution in [0.25, 0.3) is 0 Å². The van der Waals surface area contributed by atoms with Gasteiger partial charge < -0.3 is 15.5 Å². The zero-order valence-electron chi connectivity index (χ0n) is 9.32. The predicted molar refractivity (Wildman–Crippen MR) is 63.8 cm³/mol. The van der Waals surface area contributed by atoms with E-state index in [0.717, 1.165) is 37.9 Å². The highest BCUT2D eigenvalue weighted by molar-refractivity contribution is 5.43. The highest BCUT2D eigenvalue weighted by Gasteiger charge is 2.21. The van der Waals surface area contributed by atoms with Crippen LogP contribution < -0.4 is 15.5 Å². The fraction of sp³-hybridized carbons (Fsp3) is 0.636. The summed E-state index contributed by atoms with van der Waals surface area (Å²) in [5, 5.41) is 6.73. The van der Waals surface area contributed by atoms with E-state index in [-0.39, 0.29) is 0 Å². The summed E-state index contributed by atoms with van der Waals surface area (Å²) in [7, 11) is 0. The van der Waals surface area contributed by atoms with Crippen molar-refractivity contribution >= 4 is 11.8 Å². The molecule has 5 heteroatoms. The number of anilines is 2. The maximum absolute atomic E-state index is 4.55. The van der Waals surface area contributed by atoms with Crippen LogP contribution >= 0.6 is 0 Å². The van der Waals surface area contributed by atoms with Crippen molar-refractivity contribution in [1.82, 2.24) is 15.3 Å². The van der Waals surface area contributed by atoms with E-state index in [1.807, 2.05) is 12.3 Å². The molecule has 16 heavy (non-hydrogen) atoms. The fourth-order valence-corrected chi connectivity index (χ4v) is 1.88. The van der Waals surface area contributed by atoms with Gasteiger partial charge in [0.2, 0.25) is 5.95 Å². The van der Waals surface area contributed by atoms with Crippen LogP contribution in [0.15, 0.2) is 12.3 Å². The Morgan fingerprint density at radius 1 is 1.31 bits per heavy atom. The average Bonchev–Trinajstić information content (AvgIpc) is 3.15. The van der Waals surface area contributed by atoms with Gasteiger partial charge in [0.15, 0.2) is 0 Å². The van der Waals surface area contributed by atoms with Crippen molar-refractivity contribution in [1.29, 1.82) is 0 Å². The third-order valence-corrected chi connectivity index (χ3v) is 2.97. The largest absolute Gasteiger partial charge is 0.367 e. The number of piperazine rings is 1. The minimum Gasteiger partial charge on any atom is -0.367 e. The smallest absolute Gasteiger partial charge is 0.227 e. The van der Waals surface area contributed by atoms with Crippen molar-refractivity contribution in [3.8, 4) is 0 Å². The first-order chi connectivity index (χ1) is 7.92. The standard InChI is InChI=1S/C11H17N5/c1-2-9(1)14-10-3-4-13-11(15-10)16-7-5-12-6-8-16/h3-4,9,12H,1-2,5-8H2,(H,13,14,15). The molecular formula is C11H17N5. The van der Waals surface area contributed by atoms with E-state index >= 15 is 0 Å². The van der Waals surface area contributed by atoms with Crippen molar-refractivity contribution in [3.05, 3.63) is 12.3 Å². The summed E-state index contributed by atoms with van der Waals surface area (Å²) < 4.78 is 0. The first-order valence-corrected chi connectivity index (χ1v) is 5.97. The second kappa shape index (κ2) is 4.25. The Labute approximate surface area is 95.3 Å². The molecular weight excluding hydrogens is 202 g/mol. The second-order valence-corrected chi connectivity index (χ2v) is 4.40. The van der Waals surface area contributed by atoms with Gasteiger partial charge in [0.05, 0.1) is 0 Å². The average molecular weight is 219 g/mol. The van der Waals surface area contributed by atoms with Gasteiger partial charge in [-0.15, -0.1) is 0 Å². The van der Waals surface area contributed by atoms with Crippen LogP contribution in [-0.4, -0.2) is 42.2 Å². The SMILES string of the molecule is c1cc(NC2CC2)nc(N2CCNCC2)n1. The van der Waals surface area contributed by atoms with Gasteiger partial charge in [-0.2, -0.15) is 4.98 Å². The van der Waals surface area contributed by atoms with Gasteiger partial charge in [0.1, 0.15) is 5.82 Å². The topological polar surface area (TPSA) is 53.1 Å². The minimum absolute atomic E-state index is 0.644. The van der Waals surface area contributed by atoms with Crippen LogP contribution in [0.1, 0.15) is 12.8 Å². The third kappa shape index (κ3) is 2.24. The molecule has 0 atom stereocenters. The van der Waals surface area contributed by atoms with E-state index < -0.39 is 0 Å². The van der Waals surface area contributed by atoms with Gasteiger partial charge in [-0.3, -0.25) is 0 Å². The second-order valence-electron chi connectivity index (χ2n) is 4.40. The van der Waals surface area contributed by atoms with Gasteiger partial charge in [0, 0.05) is 38.4 Å². The molecule has 2 heterocycles. The Balaban J connectivity index is 1.72. The van der Waals surface area contributed by atoms with Crippen LogP contribution in [0, 0.1) is 0 Å². The van der Waals surface area contributed by atoms with Crippen molar-refractivity contribution < 1.29 is 0 Å². The van der Waals surface area contributed by atoms with Crippen molar-refractivity contribution in [3.63, 3.8) is 0 Å². The molecule has 0 unspecified atom stereocenters. The number of hydrogen-bond donors (Lipinski definition) is 2. The molecule has 1 saturated carbocycles. The first-order valence-electron chi connectivity index (χ1n) is 5.97. The zero-order valence-corrected chi connectivity index (χ0v) is 9.32. The lowest BCUT2D eigenvalue weighted by atomic mass is 10.4. The molecule has 86 valence electrons. The monoisotopic (exact) mass is 219 g/mol. The van der Waals surface area contributed by atoms with Crippen LogP contribution in [0.4, 0.5) is 11.8 Å². The lowest BCUT2D eigenvalue weighted by Gasteiger charge is -2.27. The molecule has 0 spiro atoms. The van der Waals surface area contributed by atoms with Crippen LogP contribution in [0.2, 0.25) is 0 Å². The molecule has 1 saturated heterocycles. The van der Waals surface area contributed by atoms with E-state index in [2.05, 4.69) is 25.5 Å². The van der Waals surface area contributed by atoms with Gasteiger partial charge >= 0.3 is 0 Å². The number of nitrogens with one attached hydrogen (secondary N) is 2.